The lowest BCUT2D eigenvalue weighted by Crippen LogP contribution is -2.50. The Balaban J connectivity index is 0.00000484. The van der Waals surface area contributed by atoms with Crippen LogP contribution in [0.3, 0.4) is 0 Å². The Hall–Kier alpha value is -0.570. The average Bonchev–Trinajstić information content (AvgIpc) is 2.52. The van der Waals surface area contributed by atoms with E-state index in [0.717, 1.165) is 44.9 Å². The Morgan fingerprint density at radius 2 is 1.87 bits per heavy atom. The van der Waals surface area contributed by atoms with E-state index in [9.17, 15) is 4.79 Å². The summed E-state index contributed by atoms with van der Waals surface area (Å²) in [6.07, 6.45) is 3.72. The topological polar surface area (TPSA) is 68.8 Å². The van der Waals surface area contributed by atoms with Gasteiger partial charge in [-0.25, -0.2) is 0 Å². The highest BCUT2D eigenvalue weighted by molar-refractivity contribution is 14.0. The van der Waals surface area contributed by atoms with E-state index in [0.29, 0.717) is 25.0 Å². The summed E-state index contributed by atoms with van der Waals surface area (Å²) in [5.74, 6) is 0.890. The number of guanidine groups is 1. The molecule has 3 N–H and O–H groups in total. The lowest BCUT2D eigenvalue weighted by molar-refractivity contribution is -0.120. The van der Waals surface area contributed by atoms with Crippen LogP contribution >= 0.6 is 24.0 Å². The maximum atomic E-state index is 11.5. The predicted molar refractivity (Wildman–Crippen MR) is 108 cm³/mol. The van der Waals surface area contributed by atoms with Gasteiger partial charge in [0.1, 0.15) is 0 Å². The Bertz CT molecular complexity index is 354. The monoisotopic (exact) mass is 439 g/mol. The number of aliphatic imine (C=N–C) groups is 1. The van der Waals surface area contributed by atoms with Gasteiger partial charge in [0.05, 0.1) is 0 Å². The Morgan fingerprint density at radius 3 is 2.39 bits per heavy atom. The van der Waals surface area contributed by atoms with E-state index < -0.39 is 0 Å². The number of rotatable bonds is 7. The number of nitrogens with zero attached hydrogens (tertiary/aromatic N) is 2. The summed E-state index contributed by atoms with van der Waals surface area (Å²) in [7, 11) is 1.77. The van der Waals surface area contributed by atoms with Gasteiger partial charge in [0.25, 0.3) is 0 Å². The largest absolute Gasteiger partial charge is 0.356 e. The van der Waals surface area contributed by atoms with Crippen molar-refractivity contribution in [3.05, 3.63) is 0 Å². The van der Waals surface area contributed by atoms with E-state index in [4.69, 9.17) is 0 Å². The molecule has 0 aromatic heterocycles. The van der Waals surface area contributed by atoms with Crippen LogP contribution in [0.1, 0.15) is 46.5 Å². The lowest BCUT2D eigenvalue weighted by Gasteiger charge is -2.35. The van der Waals surface area contributed by atoms with Crippen LogP contribution in [-0.4, -0.2) is 62.1 Å². The summed E-state index contributed by atoms with van der Waals surface area (Å²) >= 11 is 0. The zero-order valence-electron chi connectivity index (χ0n) is 15.0. The van der Waals surface area contributed by atoms with Gasteiger partial charge in [0.15, 0.2) is 5.96 Å². The first-order valence-corrected chi connectivity index (χ1v) is 8.54. The van der Waals surface area contributed by atoms with Crippen LogP contribution in [-0.2, 0) is 4.79 Å². The maximum absolute atomic E-state index is 11.5. The molecule has 0 unspecified atom stereocenters. The first kappa shape index (κ1) is 22.4. The fourth-order valence-electron chi connectivity index (χ4n) is 2.60. The second-order valence-electron chi connectivity index (χ2n) is 6.15. The maximum Gasteiger partial charge on any atom is 0.221 e. The number of carbonyl (C=O) groups is 1. The average molecular weight is 439 g/mol. The lowest BCUT2D eigenvalue weighted by atomic mass is 10.0. The van der Waals surface area contributed by atoms with Crippen LogP contribution in [0.5, 0.6) is 0 Å². The summed E-state index contributed by atoms with van der Waals surface area (Å²) in [5, 5.41) is 9.56. The van der Waals surface area contributed by atoms with Gasteiger partial charge in [0.2, 0.25) is 5.91 Å². The molecule has 136 valence electrons. The van der Waals surface area contributed by atoms with E-state index >= 15 is 0 Å². The highest BCUT2D eigenvalue weighted by atomic mass is 127. The van der Waals surface area contributed by atoms with Crippen LogP contribution in [0, 0.1) is 0 Å². The highest BCUT2D eigenvalue weighted by Gasteiger charge is 2.21. The van der Waals surface area contributed by atoms with Crippen LogP contribution in [0.4, 0.5) is 0 Å². The van der Waals surface area contributed by atoms with Crippen molar-refractivity contribution in [2.45, 2.75) is 58.5 Å². The fourth-order valence-corrected chi connectivity index (χ4v) is 2.60. The van der Waals surface area contributed by atoms with Crippen LogP contribution in [0.15, 0.2) is 4.99 Å². The molecule has 0 atom stereocenters. The van der Waals surface area contributed by atoms with Crippen molar-refractivity contribution in [2.24, 2.45) is 4.99 Å². The van der Waals surface area contributed by atoms with Gasteiger partial charge in [-0.2, -0.15) is 0 Å². The van der Waals surface area contributed by atoms with E-state index in [1.54, 1.807) is 7.05 Å². The third-order valence-corrected chi connectivity index (χ3v) is 4.04. The molecule has 1 amide bonds. The minimum Gasteiger partial charge on any atom is -0.356 e. The molecule has 1 aliphatic heterocycles. The molecule has 1 rings (SSSR count). The number of nitrogens with one attached hydrogen (secondary N) is 3. The van der Waals surface area contributed by atoms with E-state index in [-0.39, 0.29) is 29.9 Å². The van der Waals surface area contributed by atoms with Crippen molar-refractivity contribution in [3.8, 4) is 0 Å². The number of hydrogen-bond acceptors (Lipinski definition) is 3. The molecule has 0 aromatic carbocycles. The van der Waals surface area contributed by atoms with Crippen LogP contribution in [0.2, 0.25) is 0 Å². The van der Waals surface area contributed by atoms with Crippen molar-refractivity contribution in [2.75, 3.05) is 33.2 Å². The molecule has 1 fully saturated rings. The fraction of sp³-hybridized carbons (Fsp3) is 0.875. The summed E-state index contributed by atoms with van der Waals surface area (Å²) in [6.45, 7) is 10.2. The smallest absolute Gasteiger partial charge is 0.221 e. The summed E-state index contributed by atoms with van der Waals surface area (Å²) in [4.78, 5) is 18.3. The molecule has 0 spiro atoms. The van der Waals surface area contributed by atoms with Gasteiger partial charge in [-0.15, -0.1) is 24.0 Å². The zero-order chi connectivity index (χ0) is 16.4. The molecule has 6 nitrogen and oxygen atoms in total. The van der Waals surface area contributed by atoms with E-state index in [2.05, 4.69) is 46.6 Å². The molecule has 0 saturated carbocycles. The van der Waals surface area contributed by atoms with Crippen molar-refractivity contribution in [3.63, 3.8) is 0 Å². The molecule has 0 bridgehead atoms. The Kier molecular flexibility index (Phi) is 12.5. The number of likely N-dealkylation sites (tertiary alicyclic amines) is 1. The summed E-state index contributed by atoms with van der Waals surface area (Å²) in [5.41, 5.74) is 0. The molecule has 0 aromatic rings. The van der Waals surface area contributed by atoms with Crippen LogP contribution < -0.4 is 16.0 Å². The summed E-state index contributed by atoms with van der Waals surface area (Å²) in [6, 6.07) is 1.09. The molecular formula is C16H34IN5O. The molecule has 0 aliphatic carbocycles. The van der Waals surface area contributed by atoms with Gasteiger partial charge in [0, 0.05) is 51.7 Å². The molecule has 1 heterocycles. The van der Waals surface area contributed by atoms with Crippen molar-refractivity contribution >= 4 is 35.8 Å². The SMILES string of the molecule is CCCNC(=O)CCNC(=NC)NC1CCN(C(C)C)CC1.I. The minimum absolute atomic E-state index is 0. The Morgan fingerprint density at radius 1 is 1.22 bits per heavy atom. The van der Waals surface area contributed by atoms with Crippen LogP contribution in [0.25, 0.3) is 0 Å². The van der Waals surface area contributed by atoms with Crippen molar-refractivity contribution < 1.29 is 4.79 Å². The standard InChI is InChI=1S/C16H33N5O.HI/c1-5-9-18-15(22)6-10-19-16(17-4)20-14-7-11-21(12-8-14)13(2)3;/h13-14H,5-12H2,1-4H3,(H,18,22)(H2,17,19,20);1H. The molecule has 1 aliphatic rings. The number of halogens is 1. The number of amides is 1. The number of hydrogen-bond donors (Lipinski definition) is 3. The second kappa shape index (κ2) is 12.8. The molecule has 0 radical (unpaired) electrons. The van der Waals surface area contributed by atoms with Gasteiger partial charge in [-0.3, -0.25) is 9.79 Å². The minimum atomic E-state index is 0. The second-order valence-corrected chi connectivity index (χ2v) is 6.15. The first-order chi connectivity index (χ1) is 10.6. The van der Waals surface area contributed by atoms with E-state index in [1.807, 2.05) is 0 Å². The molecule has 1 saturated heterocycles. The van der Waals surface area contributed by atoms with Gasteiger partial charge in [-0.1, -0.05) is 6.92 Å². The molecular weight excluding hydrogens is 405 g/mol. The first-order valence-electron chi connectivity index (χ1n) is 8.54. The normalized spacial score (nSPS) is 16.8. The predicted octanol–water partition coefficient (Wildman–Crippen LogP) is 1.56. The third kappa shape index (κ3) is 9.34. The van der Waals surface area contributed by atoms with E-state index in [1.165, 1.54) is 0 Å². The molecule has 23 heavy (non-hydrogen) atoms. The van der Waals surface area contributed by atoms with Gasteiger partial charge in [-0.05, 0) is 33.1 Å². The zero-order valence-corrected chi connectivity index (χ0v) is 17.4. The van der Waals surface area contributed by atoms with Gasteiger partial charge < -0.3 is 20.9 Å². The number of carbonyl (C=O) groups excluding carboxylic acids is 1. The summed E-state index contributed by atoms with van der Waals surface area (Å²) < 4.78 is 0. The van der Waals surface area contributed by atoms with Crippen molar-refractivity contribution in [1.82, 2.24) is 20.9 Å². The molecule has 7 heteroatoms. The van der Waals surface area contributed by atoms with Gasteiger partial charge >= 0.3 is 0 Å². The third-order valence-electron chi connectivity index (χ3n) is 4.04. The number of piperidine rings is 1. The Labute approximate surface area is 158 Å². The van der Waals surface area contributed by atoms with Crippen molar-refractivity contribution in [1.29, 1.82) is 0 Å². The quantitative estimate of drug-likeness (QED) is 0.320. The highest BCUT2D eigenvalue weighted by Crippen LogP contribution is 2.12.